The molecule has 0 aliphatic carbocycles. The predicted octanol–water partition coefficient (Wildman–Crippen LogP) is 1.36. The molecule has 0 amide bonds. The van der Waals surface area contributed by atoms with Gasteiger partial charge in [0.25, 0.3) is 0 Å². The highest BCUT2D eigenvalue weighted by Gasteiger charge is 2.07. The molecule has 1 unspecified atom stereocenters. The summed E-state index contributed by atoms with van der Waals surface area (Å²) in [4.78, 5) is 0. The average Bonchev–Trinajstić information content (AvgIpc) is 2.48. The molecule has 1 heterocycles. The first-order valence-corrected chi connectivity index (χ1v) is 4.87. The lowest BCUT2D eigenvalue weighted by Gasteiger charge is -2.09. The van der Waals surface area contributed by atoms with Gasteiger partial charge in [-0.25, -0.2) is 0 Å². The maximum absolute atomic E-state index is 4.31. The van der Waals surface area contributed by atoms with E-state index in [-0.39, 0.29) is 0 Å². The van der Waals surface area contributed by atoms with Crippen molar-refractivity contribution in [2.75, 3.05) is 7.05 Å². The summed E-state index contributed by atoms with van der Waals surface area (Å²) in [6.45, 7) is 7.39. The van der Waals surface area contributed by atoms with Crippen LogP contribution in [0.5, 0.6) is 0 Å². The minimum Gasteiger partial charge on any atom is -0.317 e. The highest BCUT2D eigenvalue weighted by Crippen LogP contribution is 2.09. The molecule has 0 aliphatic rings. The standard InChI is InChI=1S/C10H19N3/c1-5-13-9(3)10(7-12-13)6-8(2)11-4/h7-8,11H,5-6H2,1-4H3. The van der Waals surface area contributed by atoms with Crippen molar-refractivity contribution in [3.63, 3.8) is 0 Å². The molecule has 13 heavy (non-hydrogen) atoms. The molecule has 0 bridgehead atoms. The number of hydrogen-bond donors (Lipinski definition) is 1. The summed E-state index contributed by atoms with van der Waals surface area (Å²) in [6.07, 6.45) is 3.04. The fourth-order valence-electron chi connectivity index (χ4n) is 1.44. The van der Waals surface area contributed by atoms with Gasteiger partial charge in [0, 0.05) is 18.3 Å². The molecule has 0 saturated heterocycles. The third-order valence-electron chi connectivity index (χ3n) is 2.52. The van der Waals surface area contributed by atoms with E-state index in [1.165, 1.54) is 11.3 Å². The first-order valence-electron chi connectivity index (χ1n) is 4.87. The molecule has 74 valence electrons. The number of aryl methyl sites for hydroxylation is 1. The molecule has 0 spiro atoms. The van der Waals surface area contributed by atoms with E-state index in [2.05, 4.69) is 31.2 Å². The van der Waals surface area contributed by atoms with Crippen molar-refractivity contribution in [3.05, 3.63) is 17.5 Å². The lowest BCUT2D eigenvalue weighted by molar-refractivity contribution is 0.601. The van der Waals surface area contributed by atoms with E-state index in [1.807, 2.05) is 17.9 Å². The molecule has 1 N–H and O–H groups in total. The Labute approximate surface area is 80.1 Å². The summed E-state index contributed by atoms with van der Waals surface area (Å²) < 4.78 is 2.04. The fraction of sp³-hybridized carbons (Fsp3) is 0.700. The van der Waals surface area contributed by atoms with Gasteiger partial charge < -0.3 is 5.32 Å². The molecule has 0 saturated carbocycles. The number of hydrogen-bond acceptors (Lipinski definition) is 2. The smallest absolute Gasteiger partial charge is 0.0525 e. The van der Waals surface area contributed by atoms with Crippen LogP contribution in [-0.2, 0) is 13.0 Å². The fourth-order valence-corrected chi connectivity index (χ4v) is 1.44. The van der Waals surface area contributed by atoms with Crippen LogP contribution in [0.2, 0.25) is 0 Å². The van der Waals surface area contributed by atoms with Crippen molar-refractivity contribution < 1.29 is 0 Å². The first kappa shape index (κ1) is 10.3. The van der Waals surface area contributed by atoms with E-state index in [4.69, 9.17) is 0 Å². The summed E-state index contributed by atoms with van der Waals surface area (Å²) in [5.74, 6) is 0. The van der Waals surface area contributed by atoms with Gasteiger partial charge in [0.15, 0.2) is 0 Å². The Morgan fingerprint density at radius 1 is 1.62 bits per heavy atom. The largest absolute Gasteiger partial charge is 0.317 e. The van der Waals surface area contributed by atoms with Crippen LogP contribution in [0.25, 0.3) is 0 Å². The van der Waals surface area contributed by atoms with Gasteiger partial charge >= 0.3 is 0 Å². The van der Waals surface area contributed by atoms with Crippen LogP contribution in [0.15, 0.2) is 6.20 Å². The van der Waals surface area contributed by atoms with Gasteiger partial charge in [0.1, 0.15) is 0 Å². The average molecular weight is 181 g/mol. The summed E-state index contributed by atoms with van der Waals surface area (Å²) in [6, 6.07) is 0.521. The topological polar surface area (TPSA) is 29.9 Å². The Balaban J connectivity index is 2.72. The van der Waals surface area contributed by atoms with Crippen LogP contribution >= 0.6 is 0 Å². The Kier molecular flexibility index (Phi) is 3.48. The maximum atomic E-state index is 4.31. The van der Waals surface area contributed by atoms with Crippen LogP contribution in [0.3, 0.4) is 0 Å². The van der Waals surface area contributed by atoms with Gasteiger partial charge in [-0.2, -0.15) is 5.10 Å². The highest BCUT2D eigenvalue weighted by molar-refractivity contribution is 5.17. The quantitative estimate of drug-likeness (QED) is 0.760. The van der Waals surface area contributed by atoms with Gasteiger partial charge in [-0.05, 0) is 39.8 Å². The summed E-state index contributed by atoms with van der Waals surface area (Å²) in [5, 5.41) is 7.54. The molecule has 1 rings (SSSR count). The van der Waals surface area contributed by atoms with Crippen molar-refractivity contribution in [1.29, 1.82) is 0 Å². The Hall–Kier alpha value is -0.830. The second-order valence-corrected chi connectivity index (χ2v) is 3.46. The predicted molar refractivity (Wildman–Crippen MR) is 54.9 cm³/mol. The van der Waals surface area contributed by atoms with Gasteiger partial charge in [-0.1, -0.05) is 0 Å². The lowest BCUT2D eigenvalue weighted by Crippen LogP contribution is -2.23. The molecular formula is C10H19N3. The van der Waals surface area contributed by atoms with Gasteiger partial charge in [0.05, 0.1) is 6.20 Å². The van der Waals surface area contributed by atoms with Crippen molar-refractivity contribution in [3.8, 4) is 0 Å². The van der Waals surface area contributed by atoms with Crippen LogP contribution in [-0.4, -0.2) is 22.9 Å². The van der Waals surface area contributed by atoms with Gasteiger partial charge in [-0.3, -0.25) is 4.68 Å². The van der Waals surface area contributed by atoms with E-state index in [9.17, 15) is 0 Å². The Morgan fingerprint density at radius 3 is 2.77 bits per heavy atom. The van der Waals surface area contributed by atoms with E-state index in [0.29, 0.717) is 6.04 Å². The zero-order valence-electron chi connectivity index (χ0n) is 8.96. The van der Waals surface area contributed by atoms with Crippen molar-refractivity contribution in [2.24, 2.45) is 0 Å². The Bertz CT molecular complexity index is 265. The number of nitrogens with zero attached hydrogens (tertiary/aromatic N) is 2. The molecule has 1 atom stereocenters. The monoisotopic (exact) mass is 181 g/mol. The third kappa shape index (κ3) is 2.31. The van der Waals surface area contributed by atoms with Crippen molar-refractivity contribution in [2.45, 2.75) is 39.8 Å². The zero-order chi connectivity index (χ0) is 9.84. The second-order valence-electron chi connectivity index (χ2n) is 3.46. The lowest BCUT2D eigenvalue weighted by atomic mass is 10.1. The van der Waals surface area contributed by atoms with E-state index in [0.717, 1.165) is 13.0 Å². The van der Waals surface area contributed by atoms with Crippen molar-refractivity contribution >= 4 is 0 Å². The summed E-state index contributed by atoms with van der Waals surface area (Å²) >= 11 is 0. The number of aromatic nitrogens is 2. The maximum Gasteiger partial charge on any atom is 0.0525 e. The van der Waals surface area contributed by atoms with E-state index < -0.39 is 0 Å². The van der Waals surface area contributed by atoms with Crippen molar-refractivity contribution in [1.82, 2.24) is 15.1 Å². The molecule has 3 nitrogen and oxygen atoms in total. The first-order chi connectivity index (χ1) is 6.19. The molecule has 0 radical (unpaired) electrons. The molecule has 0 aliphatic heterocycles. The summed E-state index contributed by atoms with van der Waals surface area (Å²) in [7, 11) is 1.99. The highest BCUT2D eigenvalue weighted by atomic mass is 15.3. The minimum absolute atomic E-state index is 0.521. The number of rotatable bonds is 4. The number of nitrogens with one attached hydrogen (secondary N) is 1. The molecular weight excluding hydrogens is 162 g/mol. The number of likely N-dealkylation sites (N-methyl/N-ethyl adjacent to an activating group) is 1. The van der Waals surface area contributed by atoms with Crippen LogP contribution in [0, 0.1) is 6.92 Å². The van der Waals surface area contributed by atoms with Crippen LogP contribution in [0.1, 0.15) is 25.1 Å². The summed E-state index contributed by atoms with van der Waals surface area (Å²) in [5.41, 5.74) is 2.65. The molecule has 0 fully saturated rings. The van der Waals surface area contributed by atoms with Crippen LogP contribution in [0.4, 0.5) is 0 Å². The molecule has 0 aromatic carbocycles. The SMILES string of the molecule is CCn1ncc(CC(C)NC)c1C. The molecule has 1 aromatic heterocycles. The third-order valence-corrected chi connectivity index (χ3v) is 2.52. The molecule has 3 heteroatoms. The van der Waals surface area contributed by atoms with Crippen LogP contribution < -0.4 is 5.32 Å². The van der Waals surface area contributed by atoms with Gasteiger partial charge in [0.2, 0.25) is 0 Å². The van der Waals surface area contributed by atoms with E-state index >= 15 is 0 Å². The Morgan fingerprint density at radius 2 is 2.31 bits per heavy atom. The minimum atomic E-state index is 0.521. The zero-order valence-corrected chi connectivity index (χ0v) is 8.96. The molecule has 1 aromatic rings. The second kappa shape index (κ2) is 4.42. The van der Waals surface area contributed by atoms with Gasteiger partial charge in [-0.15, -0.1) is 0 Å². The van der Waals surface area contributed by atoms with E-state index in [1.54, 1.807) is 0 Å². The normalized spacial score (nSPS) is 13.2.